The number of H-pyrrole nitrogens is 5. The lowest BCUT2D eigenvalue weighted by atomic mass is 10.0. The number of carbonyl (C=O) groups is 10. The Balaban J connectivity index is 0.000000155. The number of carbonyl (C=O) groups excluding carboxylic acids is 10. The van der Waals surface area contributed by atoms with Gasteiger partial charge in [0.2, 0.25) is 0 Å². The lowest BCUT2D eigenvalue weighted by molar-refractivity contribution is -0.114. The molecule has 10 heterocycles. The minimum Gasteiger partial charge on any atom is -0.394 e. The molecule has 5 aromatic carbocycles. The molecule has 0 aliphatic carbocycles. The molecule has 0 saturated carbocycles. The predicted molar refractivity (Wildman–Crippen MR) is 476 cm³/mol. The highest BCUT2D eigenvalue weighted by atomic mass is 35.5. The van der Waals surface area contributed by atoms with Gasteiger partial charge in [0.05, 0.1) is 59.2 Å². The number of amides is 14. The van der Waals surface area contributed by atoms with E-state index in [-0.39, 0.29) is 96.8 Å². The van der Waals surface area contributed by atoms with E-state index in [9.17, 15) is 53.2 Å². The lowest BCUT2D eigenvalue weighted by Crippen LogP contribution is -2.39. The third kappa shape index (κ3) is 25.4. The Morgan fingerprint density at radius 2 is 0.617 bits per heavy atom. The zero-order chi connectivity index (χ0) is 91.8. The van der Waals surface area contributed by atoms with Crippen LogP contribution in [0.2, 0.25) is 25.1 Å². The van der Waals surface area contributed by atoms with Crippen molar-refractivity contribution in [1.82, 2.24) is 95.7 Å². The second-order valence-electron chi connectivity index (χ2n) is 29.4. The Bertz CT molecular complexity index is 5490. The van der Waals surface area contributed by atoms with Crippen molar-refractivity contribution >= 4 is 146 Å². The highest BCUT2D eigenvalue weighted by Crippen LogP contribution is 2.31. The van der Waals surface area contributed by atoms with Crippen LogP contribution in [-0.4, -0.2) is 253 Å². The van der Waals surface area contributed by atoms with E-state index in [0.717, 1.165) is 62.6 Å². The van der Waals surface area contributed by atoms with E-state index in [2.05, 4.69) is 77.6 Å². The van der Waals surface area contributed by atoms with Crippen LogP contribution in [0.15, 0.2) is 121 Å². The average molecular weight is 1860 g/mol. The van der Waals surface area contributed by atoms with Gasteiger partial charge in [-0.05, 0) is 111 Å². The molecule has 0 bridgehead atoms. The number of Topliss-reactive ketones (excluding diaryl/α,β-unsaturated/α-hetero) is 1. The summed E-state index contributed by atoms with van der Waals surface area (Å²) in [5, 5.41) is 73.6. The standard InChI is InChI=1S/C18H22ClN5O3.C17H20ClN5O4.C17H20ClN5O3.C17H19ClN4O2.C15H16ClN5O3/c1-3-9-27-23(2)17(25)16-14-11-24(8-7-15(14)21-22-16)18(26)20-13-6-4-5-12(19)10-13;1-22(27-8-7-24)16(25)15-13-10-23(6-5-14(13)20-21-15)17(26)19-12-4-2-3-11(18)9-12;1-3-26-22(2)16(24)15-13-10-23(8-7-14(13)20-21-15)17(25)19-12-6-4-5-11(18)9-12;1-2-4-15(23)16-13-10-22(8-7-14(13)20-21-16)17(24)19-12-6-3-5-11(18)9-12;1-20(24)14(22)13-11-8-21(6-5-12(11)18-19-13)15(23)17-10-4-2-3-9(16)7-10/h4-6,10H,3,7-9,11H2,1-2H3,(H,20,26)(H,21,22);2-4,9,24H,5-8,10H2,1H3,(H,19,26)(H,20,21);4-6,9H,3,7-8,10H2,1-2H3,(H,19,25)(H,20,21);3,5-6,9H,2,4,7-8,10H2,1H3,(H,19,24)(H,20,21);2-4,7,24H,5-6,8H2,1H3,(H,17,23)(H,18,19). The fraction of sp³-hybridized carbons (Fsp3) is 0.345. The molecule has 0 unspecified atom stereocenters. The third-order valence-corrected chi connectivity index (χ3v) is 21.5. The van der Waals surface area contributed by atoms with Crippen LogP contribution < -0.4 is 26.6 Å². The van der Waals surface area contributed by atoms with Crippen molar-refractivity contribution in [3.63, 3.8) is 0 Å². The van der Waals surface area contributed by atoms with Crippen LogP contribution in [0.25, 0.3) is 0 Å². The number of aliphatic hydroxyl groups excluding tert-OH is 1. The Kier molecular flexibility index (Phi) is 34.2. The van der Waals surface area contributed by atoms with Gasteiger partial charge in [0, 0.05) is 209 Å². The first-order valence-corrected chi connectivity index (χ1v) is 42.6. The van der Waals surface area contributed by atoms with Gasteiger partial charge >= 0.3 is 30.2 Å². The number of hydrogen-bond acceptors (Lipinski definition) is 20. The number of rotatable bonds is 20. The van der Waals surface area contributed by atoms with Crippen LogP contribution in [0, 0.1) is 0 Å². The van der Waals surface area contributed by atoms with Crippen molar-refractivity contribution in [2.24, 2.45) is 0 Å². The first-order chi connectivity index (χ1) is 61.5. The molecule has 14 amide bonds. The summed E-state index contributed by atoms with van der Waals surface area (Å²) in [6.45, 7) is 10.4. The Morgan fingerprint density at radius 3 is 0.859 bits per heavy atom. The van der Waals surface area contributed by atoms with Crippen LogP contribution in [0.1, 0.15) is 149 Å². The number of anilines is 5. The van der Waals surface area contributed by atoms with Gasteiger partial charge in [0.1, 0.15) is 5.69 Å². The van der Waals surface area contributed by atoms with Crippen LogP contribution in [0.3, 0.4) is 0 Å². The van der Waals surface area contributed by atoms with Gasteiger partial charge in [0.15, 0.2) is 28.6 Å². The molecule has 0 saturated heterocycles. The quantitative estimate of drug-likeness (QED) is 0.0191. The van der Waals surface area contributed by atoms with E-state index in [0.29, 0.717) is 185 Å². The van der Waals surface area contributed by atoms with Crippen molar-refractivity contribution in [1.29, 1.82) is 0 Å². The SMILES string of the molecule is CCCC(=O)c1n[nH]c2c1CN(C(=O)Nc1cccc(Cl)c1)CC2.CCCON(C)C(=O)c1n[nH]c2c1CN(C(=O)Nc1cccc(Cl)c1)CC2.CCON(C)C(=O)c1n[nH]c2c1CN(C(=O)Nc1cccc(Cl)c1)CC2.CN(O)C(=O)c1n[nH]c2c1CN(C(=O)Nc1cccc(Cl)c1)CC2.CN(OCCO)C(=O)c1n[nH]c2c1CN(C(=O)Nc1cccc(Cl)c1)CC2. The maximum absolute atomic E-state index is 12.6. The van der Waals surface area contributed by atoms with Gasteiger partial charge in [-0.3, -0.25) is 69.2 Å². The number of aliphatic hydroxyl groups is 1. The van der Waals surface area contributed by atoms with E-state index in [1.165, 1.54) is 19.2 Å². The second-order valence-corrected chi connectivity index (χ2v) is 31.6. The topological polar surface area (TPSA) is 472 Å². The maximum Gasteiger partial charge on any atom is 0.322 e. The average Bonchev–Trinajstić information content (AvgIpc) is 1.65. The van der Waals surface area contributed by atoms with Crippen molar-refractivity contribution in [2.45, 2.75) is 105 Å². The summed E-state index contributed by atoms with van der Waals surface area (Å²) in [5.41, 5.74) is 12.3. The summed E-state index contributed by atoms with van der Waals surface area (Å²) in [7, 11) is 5.78. The van der Waals surface area contributed by atoms with Gasteiger partial charge in [-0.25, -0.2) is 44.2 Å². The molecule has 5 aliphatic heterocycles. The molecule has 0 spiro atoms. The van der Waals surface area contributed by atoms with E-state index in [4.69, 9.17) is 77.6 Å². The van der Waals surface area contributed by atoms with Gasteiger partial charge in [0.25, 0.3) is 23.6 Å². The van der Waals surface area contributed by atoms with E-state index < -0.39 is 11.8 Å². The third-order valence-electron chi connectivity index (χ3n) is 20.4. The van der Waals surface area contributed by atoms with Crippen molar-refractivity contribution in [3.05, 3.63) is 231 Å². The highest BCUT2D eigenvalue weighted by Gasteiger charge is 2.36. The fourth-order valence-electron chi connectivity index (χ4n) is 13.8. The number of hydrogen-bond donors (Lipinski definition) is 12. The molecule has 0 radical (unpaired) electrons. The van der Waals surface area contributed by atoms with Crippen LogP contribution in [0.5, 0.6) is 0 Å². The van der Waals surface area contributed by atoms with Gasteiger partial charge in [-0.2, -0.15) is 25.5 Å². The normalized spacial score (nSPS) is 13.3. The first-order valence-electron chi connectivity index (χ1n) is 40.7. The number of fused-ring (bicyclic) bond motifs is 5. The molecule has 5 aromatic heterocycles. The number of aromatic amines is 5. The van der Waals surface area contributed by atoms with Crippen molar-refractivity contribution in [2.75, 3.05) is 114 Å². The van der Waals surface area contributed by atoms with Crippen LogP contribution >= 0.6 is 58.0 Å². The smallest absolute Gasteiger partial charge is 0.322 e. The van der Waals surface area contributed by atoms with E-state index in [1.54, 1.807) is 167 Å². The molecule has 0 fully saturated rings. The number of hydroxylamine groups is 8. The summed E-state index contributed by atoms with van der Waals surface area (Å²) in [6.07, 6.45) is 4.99. The van der Waals surface area contributed by atoms with E-state index in [1.807, 2.05) is 13.8 Å². The summed E-state index contributed by atoms with van der Waals surface area (Å²) in [5.74, 6) is -1.73. The molecular formula is C84H97Cl5N24O15. The highest BCUT2D eigenvalue weighted by molar-refractivity contribution is 6.32. The molecule has 5 aliphatic rings. The molecule has 15 rings (SSSR count). The number of nitrogens with one attached hydrogen (secondary N) is 10. The fourth-order valence-corrected chi connectivity index (χ4v) is 14.8. The molecule has 0 atom stereocenters. The van der Waals surface area contributed by atoms with Gasteiger partial charge < -0.3 is 56.2 Å². The number of urea groups is 5. The monoisotopic (exact) mass is 1860 g/mol. The van der Waals surface area contributed by atoms with Crippen LogP contribution in [0.4, 0.5) is 52.4 Å². The molecule has 10 aromatic rings. The van der Waals surface area contributed by atoms with E-state index >= 15 is 0 Å². The largest absolute Gasteiger partial charge is 0.394 e. The summed E-state index contributed by atoms with van der Waals surface area (Å²) in [6, 6.07) is 33.4. The second kappa shape index (κ2) is 45.6. The first kappa shape index (κ1) is 95.9. The van der Waals surface area contributed by atoms with Crippen molar-refractivity contribution in [3.8, 4) is 0 Å². The molecule has 44 heteroatoms. The number of benzene rings is 5. The zero-order valence-electron chi connectivity index (χ0n) is 71.0. The minimum atomic E-state index is -0.621. The predicted octanol–water partition coefficient (Wildman–Crippen LogP) is 13.1. The molecule has 12 N–H and O–H groups in total. The zero-order valence-corrected chi connectivity index (χ0v) is 74.7. The number of aromatic nitrogens is 10. The summed E-state index contributed by atoms with van der Waals surface area (Å²) < 4.78 is 0. The number of nitrogens with zero attached hydrogens (tertiary/aromatic N) is 14. The lowest BCUT2D eigenvalue weighted by Gasteiger charge is -2.27. The van der Waals surface area contributed by atoms with Crippen LogP contribution in [-0.2, 0) is 79.3 Å². The van der Waals surface area contributed by atoms with Gasteiger partial charge in [-0.15, -0.1) is 0 Å². The molecule has 128 heavy (non-hydrogen) atoms. The minimum absolute atomic E-state index is 0.00300. The molecular weight excluding hydrogens is 1760 g/mol. The Hall–Kier alpha value is -12.7. The molecule has 678 valence electrons. The Morgan fingerprint density at radius 1 is 0.367 bits per heavy atom. The Labute approximate surface area is 760 Å². The summed E-state index contributed by atoms with van der Waals surface area (Å²) >= 11 is 29.7. The van der Waals surface area contributed by atoms with Crippen molar-refractivity contribution < 1.29 is 72.8 Å². The van der Waals surface area contributed by atoms with Gasteiger partial charge in [-0.1, -0.05) is 102 Å². The molecule has 39 nitrogen and oxygen atoms in total. The summed E-state index contributed by atoms with van der Waals surface area (Å²) in [4.78, 5) is 148. The number of ketones is 1. The number of halogens is 5. The maximum atomic E-state index is 12.6.